The van der Waals surface area contributed by atoms with E-state index in [1.165, 1.54) is 26.2 Å². The van der Waals surface area contributed by atoms with Gasteiger partial charge in [0.1, 0.15) is 5.54 Å². The average molecular weight is 545 g/mol. The Labute approximate surface area is 217 Å². The monoisotopic (exact) mass is 544 g/mol. The quantitative estimate of drug-likeness (QED) is 0.207. The molecule has 1 aromatic heterocycles. The maximum absolute atomic E-state index is 12.9. The van der Waals surface area contributed by atoms with Gasteiger partial charge in [0, 0.05) is 19.7 Å². The minimum Gasteiger partial charge on any atom is -0.335 e. The molecular weight excluding hydrogens is 520 g/mol. The van der Waals surface area contributed by atoms with Crippen LogP contribution in [-0.4, -0.2) is 70.3 Å². The third-order valence-electron chi connectivity index (χ3n) is 5.65. The molecule has 0 saturated carbocycles. The molecule has 3 aromatic rings. The summed E-state index contributed by atoms with van der Waals surface area (Å²) in [6.07, 6.45) is 0. The molecule has 4 N–H and O–H groups in total. The van der Waals surface area contributed by atoms with Crippen molar-refractivity contribution in [2.24, 2.45) is 0 Å². The number of carbonyl (C=O) groups excluding carboxylic acids is 3. The molecule has 1 unspecified atom stereocenters. The topological polar surface area (TPSA) is 173 Å². The number of thioether (sulfide) groups is 1. The van der Waals surface area contributed by atoms with E-state index >= 15 is 0 Å². The summed E-state index contributed by atoms with van der Waals surface area (Å²) in [5.74, 6) is 4.78. The normalized spacial score (nSPS) is 17.8. The van der Waals surface area contributed by atoms with Crippen molar-refractivity contribution in [3.8, 4) is 11.4 Å². The third-order valence-corrected chi connectivity index (χ3v) is 8.40. The lowest BCUT2D eigenvalue weighted by Crippen LogP contribution is -2.48. The van der Waals surface area contributed by atoms with Crippen LogP contribution in [0.15, 0.2) is 64.6 Å². The van der Waals surface area contributed by atoms with E-state index in [4.69, 9.17) is 5.84 Å². The van der Waals surface area contributed by atoms with E-state index in [0.29, 0.717) is 16.1 Å². The van der Waals surface area contributed by atoms with Crippen LogP contribution in [0, 0.1) is 0 Å². The molecule has 37 heavy (non-hydrogen) atoms. The van der Waals surface area contributed by atoms with Crippen LogP contribution >= 0.6 is 11.8 Å². The summed E-state index contributed by atoms with van der Waals surface area (Å²) >= 11 is 0.924. The van der Waals surface area contributed by atoms with Gasteiger partial charge in [-0.2, -0.15) is 5.01 Å². The number of carbonyl (C=O) groups is 3. The number of nitrogens with two attached hydrogens (primary N) is 1. The molecule has 1 saturated heterocycles. The van der Waals surface area contributed by atoms with Crippen LogP contribution < -0.4 is 16.6 Å². The second-order valence-corrected chi connectivity index (χ2v) is 11.5. The smallest absolute Gasteiger partial charge is 0.335 e. The SMILES string of the molecule is CN(C)S(=O)(=O)c1cccc(-c2nnc(SCC(=O)NN3C(=O)NC(C)(c4ccccc4)C3=O)n2N)c1. The Hall–Kier alpha value is -3.95. The van der Waals surface area contributed by atoms with Gasteiger partial charge in [-0.15, -0.1) is 10.2 Å². The Morgan fingerprint density at radius 2 is 1.84 bits per heavy atom. The van der Waals surface area contributed by atoms with Gasteiger partial charge in [-0.25, -0.2) is 22.2 Å². The van der Waals surface area contributed by atoms with Gasteiger partial charge in [0.2, 0.25) is 21.1 Å². The van der Waals surface area contributed by atoms with Crippen molar-refractivity contribution >= 4 is 39.6 Å². The summed E-state index contributed by atoms with van der Waals surface area (Å²) in [5, 5.41) is 11.4. The van der Waals surface area contributed by atoms with E-state index in [9.17, 15) is 22.8 Å². The average Bonchev–Trinajstić information content (AvgIpc) is 3.35. The highest BCUT2D eigenvalue weighted by molar-refractivity contribution is 7.99. The van der Waals surface area contributed by atoms with Crippen molar-refractivity contribution in [3.05, 3.63) is 60.2 Å². The zero-order chi connectivity index (χ0) is 27.0. The van der Waals surface area contributed by atoms with Crippen molar-refractivity contribution in [1.82, 2.24) is 34.9 Å². The summed E-state index contributed by atoms with van der Waals surface area (Å²) in [5.41, 5.74) is 1.97. The highest BCUT2D eigenvalue weighted by Gasteiger charge is 2.49. The molecular formula is C22H24N8O5S2. The van der Waals surface area contributed by atoms with Crippen molar-refractivity contribution in [3.63, 3.8) is 0 Å². The molecule has 1 aliphatic rings. The number of benzene rings is 2. The van der Waals surface area contributed by atoms with Crippen molar-refractivity contribution < 1.29 is 22.8 Å². The minimum atomic E-state index is -3.67. The summed E-state index contributed by atoms with van der Waals surface area (Å²) in [4.78, 5) is 37.9. The van der Waals surface area contributed by atoms with Gasteiger partial charge in [-0.1, -0.05) is 54.2 Å². The lowest BCUT2D eigenvalue weighted by atomic mass is 9.92. The van der Waals surface area contributed by atoms with E-state index < -0.39 is 33.4 Å². The van der Waals surface area contributed by atoms with E-state index in [2.05, 4.69) is 20.9 Å². The number of imide groups is 1. The van der Waals surface area contributed by atoms with Crippen molar-refractivity contribution in [2.45, 2.75) is 22.5 Å². The first kappa shape index (κ1) is 26.1. The first-order valence-corrected chi connectivity index (χ1v) is 13.3. The van der Waals surface area contributed by atoms with Gasteiger partial charge in [-0.3, -0.25) is 15.0 Å². The molecule has 2 heterocycles. The number of hydrogen-bond acceptors (Lipinski definition) is 9. The number of nitrogens with one attached hydrogen (secondary N) is 2. The van der Waals surface area contributed by atoms with Gasteiger partial charge < -0.3 is 11.2 Å². The van der Waals surface area contributed by atoms with E-state index in [1.807, 2.05) is 0 Å². The Kier molecular flexibility index (Phi) is 6.94. The fourth-order valence-electron chi connectivity index (χ4n) is 3.57. The van der Waals surface area contributed by atoms with Crippen LogP contribution in [0.2, 0.25) is 0 Å². The first-order valence-electron chi connectivity index (χ1n) is 10.8. The van der Waals surface area contributed by atoms with Crippen LogP contribution in [-0.2, 0) is 25.2 Å². The molecule has 13 nitrogen and oxygen atoms in total. The molecule has 4 amide bonds. The van der Waals surface area contributed by atoms with Gasteiger partial charge in [0.15, 0.2) is 5.82 Å². The molecule has 1 fully saturated rings. The Morgan fingerprint density at radius 1 is 1.14 bits per heavy atom. The molecule has 0 spiro atoms. The number of nitrogens with zero attached hydrogens (tertiary/aromatic N) is 5. The van der Waals surface area contributed by atoms with E-state index in [1.54, 1.807) is 49.4 Å². The fourth-order valence-corrected chi connectivity index (χ4v) is 5.17. The van der Waals surface area contributed by atoms with Crippen LogP contribution in [0.4, 0.5) is 4.79 Å². The van der Waals surface area contributed by atoms with Gasteiger partial charge in [0.25, 0.3) is 5.91 Å². The van der Waals surface area contributed by atoms with Crippen LogP contribution in [0.5, 0.6) is 0 Å². The van der Waals surface area contributed by atoms with Crippen LogP contribution in [0.3, 0.4) is 0 Å². The van der Waals surface area contributed by atoms with Crippen LogP contribution in [0.25, 0.3) is 11.4 Å². The van der Waals surface area contributed by atoms with Crippen LogP contribution in [0.1, 0.15) is 12.5 Å². The molecule has 1 aliphatic heterocycles. The molecule has 194 valence electrons. The predicted octanol–water partition coefficient (Wildman–Crippen LogP) is 0.500. The first-order chi connectivity index (χ1) is 17.4. The zero-order valence-electron chi connectivity index (χ0n) is 20.1. The number of sulfonamides is 1. The molecule has 0 radical (unpaired) electrons. The molecule has 1 atom stereocenters. The fraction of sp³-hybridized carbons (Fsp3) is 0.227. The third kappa shape index (κ3) is 4.87. The summed E-state index contributed by atoms with van der Waals surface area (Å²) in [6.45, 7) is 1.56. The zero-order valence-corrected chi connectivity index (χ0v) is 21.7. The highest BCUT2D eigenvalue weighted by Crippen LogP contribution is 2.28. The molecule has 4 rings (SSSR count). The summed E-state index contributed by atoms with van der Waals surface area (Å²) < 4.78 is 27.1. The largest absolute Gasteiger partial charge is 0.344 e. The maximum atomic E-state index is 12.9. The molecule has 15 heteroatoms. The van der Waals surface area contributed by atoms with Gasteiger partial charge >= 0.3 is 6.03 Å². The Bertz CT molecular complexity index is 1480. The minimum absolute atomic E-state index is 0.0580. The van der Waals surface area contributed by atoms with Crippen molar-refractivity contribution in [1.29, 1.82) is 0 Å². The number of nitrogen functional groups attached to an aromatic ring is 1. The number of hydrazine groups is 1. The number of aromatic nitrogens is 3. The standard InChI is InChI=1S/C22H24N8O5S2/c1-22(15-9-5-4-6-10-15)19(32)30(20(33)24-22)27-17(31)13-36-21-26-25-18(29(21)23)14-8-7-11-16(12-14)37(34,35)28(2)3/h4-12H,13,23H2,1-3H3,(H,24,33)(H,27,31). The lowest BCUT2D eigenvalue weighted by molar-refractivity contribution is -0.138. The number of urea groups is 1. The maximum Gasteiger partial charge on any atom is 0.344 e. The predicted molar refractivity (Wildman–Crippen MR) is 135 cm³/mol. The van der Waals surface area contributed by atoms with Crippen molar-refractivity contribution in [2.75, 3.05) is 25.7 Å². The lowest BCUT2D eigenvalue weighted by Gasteiger charge is -2.22. The van der Waals surface area contributed by atoms with Gasteiger partial charge in [-0.05, 0) is 24.6 Å². The summed E-state index contributed by atoms with van der Waals surface area (Å²) in [7, 11) is -0.819. The van der Waals surface area contributed by atoms with Gasteiger partial charge in [0.05, 0.1) is 10.6 Å². The molecule has 2 aromatic carbocycles. The number of hydrogen-bond donors (Lipinski definition) is 3. The number of amides is 4. The van der Waals surface area contributed by atoms with E-state index in [-0.39, 0.29) is 21.6 Å². The highest BCUT2D eigenvalue weighted by atomic mass is 32.2. The second-order valence-electron chi connectivity index (χ2n) is 8.38. The summed E-state index contributed by atoms with van der Waals surface area (Å²) in [6, 6.07) is 14.0. The Balaban J connectivity index is 1.43. The molecule has 0 bridgehead atoms. The Morgan fingerprint density at radius 3 is 2.51 bits per heavy atom. The molecule has 0 aliphatic carbocycles. The number of rotatable bonds is 8. The van der Waals surface area contributed by atoms with E-state index in [0.717, 1.165) is 20.7 Å². The second kappa shape index (κ2) is 9.84.